The molecular formula is C21H25N3O4S2. The Kier molecular flexibility index (Phi) is 4.87. The van der Waals surface area contributed by atoms with Gasteiger partial charge in [-0.2, -0.15) is 4.31 Å². The van der Waals surface area contributed by atoms with E-state index < -0.39 is 15.6 Å². The number of rotatable bonds is 4. The lowest BCUT2D eigenvalue weighted by atomic mass is 10.0. The SMILES string of the molecule is Cc1nc(CN2C[C@@]3(CCN(C(=O)CC4CC4)C3)Oc3ccccc3S2(=O)=O)cs1. The summed E-state index contributed by atoms with van der Waals surface area (Å²) < 4.78 is 34.8. The molecule has 3 aliphatic rings. The van der Waals surface area contributed by atoms with Crippen LogP contribution in [0.2, 0.25) is 0 Å². The molecule has 1 aromatic carbocycles. The maximum atomic E-state index is 13.5. The quantitative estimate of drug-likeness (QED) is 0.720. The number of ether oxygens (including phenoxy) is 1. The van der Waals surface area contributed by atoms with Crippen LogP contribution in [0, 0.1) is 12.8 Å². The highest BCUT2D eigenvalue weighted by molar-refractivity contribution is 7.89. The van der Waals surface area contributed by atoms with Crippen LogP contribution in [-0.2, 0) is 21.4 Å². The van der Waals surface area contributed by atoms with E-state index in [9.17, 15) is 13.2 Å². The van der Waals surface area contributed by atoms with Gasteiger partial charge in [0.1, 0.15) is 16.2 Å². The van der Waals surface area contributed by atoms with Crippen LogP contribution in [0.3, 0.4) is 0 Å². The number of para-hydroxylation sites is 1. The normalized spacial score (nSPS) is 25.7. The van der Waals surface area contributed by atoms with Gasteiger partial charge in [-0.05, 0) is 37.8 Å². The van der Waals surface area contributed by atoms with Gasteiger partial charge in [0.05, 0.1) is 30.3 Å². The molecule has 2 fully saturated rings. The van der Waals surface area contributed by atoms with Gasteiger partial charge in [-0.25, -0.2) is 13.4 Å². The molecule has 1 amide bonds. The topological polar surface area (TPSA) is 79.8 Å². The smallest absolute Gasteiger partial charge is 0.247 e. The summed E-state index contributed by atoms with van der Waals surface area (Å²) in [7, 11) is -3.75. The number of aromatic nitrogens is 1. The molecule has 5 rings (SSSR count). The molecule has 0 bridgehead atoms. The molecule has 30 heavy (non-hydrogen) atoms. The highest BCUT2D eigenvalue weighted by Crippen LogP contribution is 2.40. The van der Waals surface area contributed by atoms with E-state index in [1.165, 1.54) is 15.6 Å². The van der Waals surface area contributed by atoms with E-state index in [0.717, 1.165) is 23.5 Å². The number of carbonyl (C=O) groups excluding carboxylic acids is 1. The van der Waals surface area contributed by atoms with Crippen molar-refractivity contribution in [1.82, 2.24) is 14.2 Å². The van der Waals surface area contributed by atoms with Crippen molar-refractivity contribution in [2.75, 3.05) is 19.6 Å². The van der Waals surface area contributed by atoms with Crippen molar-refractivity contribution < 1.29 is 17.9 Å². The van der Waals surface area contributed by atoms with E-state index in [2.05, 4.69) is 4.98 Å². The summed E-state index contributed by atoms with van der Waals surface area (Å²) in [6, 6.07) is 6.79. The predicted molar refractivity (Wildman–Crippen MR) is 113 cm³/mol. The van der Waals surface area contributed by atoms with Gasteiger partial charge in [0.2, 0.25) is 15.9 Å². The second-order valence-electron chi connectivity index (χ2n) is 8.58. The number of carbonyl (C=O) groups is 1. The van der Waals surface area contributed by atoms with Crippen LogP contribution >= 0.6 is 11.3 Å². The second-order valence-corrected chi connectivity index (χ2v) is 11.5. The second kappa shape index (κ2) is 7.32. The number of amides is 1. The molecule has 2 aliphatic heterocycles. The molecule has 7 nitrogen and oxygen atoms in total. The standard InChI is InChI=1S/C21H25N3O4S2/c1-15-22-17(12-29-15)11-24-14-21(8-9-23(13-21)20(25)10-16-6-7-16)28-18-4-2-3-5-19(18)30(24,26)27/h2-5,12,16H,6-11,13-14H2,1H3/t21-/m0/s1. The molecule has 1 spiro atoms. The zero-order valence-electron chi connectivity index (χ0n) is 16.9. The molecular weight excluding hydrogens is 422 g/mol. The highest BCUT2D eigenvalue weighted by atomic mass is 32.2. The van der Waals surface area contributed by atoms with Gasteiger partial charge in [-0.3, -0.25) is 4.79 Å². The Morgan fingerprint density at radius 3 is 2.83 bits per heavy atom. The van der Waals surface area contributed by atoms with Gasteiger partial charge in [0.15, 0.2) is 0 Å². The molecule has 9 heteroatoms. The first-order valence-electron chi connectivity index (χ1n) is 10.3. The van der Waals surface area contributed by atoms with Crippen molar-refractivity contribution in [3.05, 3.63) is 40.3 Å². The Balaban J connectivity index is 1.47. The summed E-state index contributed by atoms with van der Waals surface area (Å²) in [5, 5.41) is 2.80. The van der Waals surface area contributed by atoms with Crippen molar-refractivity contribution in [3.63, 3.8) is 0 Å². The minimum atomic E-state index is -3.75. The first kappa shape index (κ1) is 20.0. The third-order valence-corrected chi connectivity index (χ3v) is 8.75. The van der Waals surface area contributed by atoms with Crippen LogP contribution in [0.15, 0.2) is 34.5 Å². The average molecular weight is 448 g/mol. The van der Waals surface area contributed by atoms with Crippen molar-refractivity contribution in [2.45, 2.75) is 49.6 Å². The number of sulfonamides is 1. The van der Waals surface area contributed by atoms with Crippen LogP contribution in [0.1, 0.15) is 36.4 Å². The van der Waals surface area contributed by atoms with Crippen LogP contribution in [0.5, 0.6) is 5.75 Å². The fourth-order valence-corrected chi connectivity index (χ4v) is 6.53. The highest BCUT2D eigenvalue weighted by Gasteiger charge is 2.49. The number of hydrogen-bond donors (Lipinski definition) is 0. The molecule has 1 saturated heterocycles. The third kappa shape index (κ3) is 3.74. The Hall–Kier alpha value is -1.97. The Bertz CT molecular complexity index is 1080. The van der Waals surface area contributed by atoms with Crippen LogP contribution < -0.4 is 4.74 Å². The first-order chi connectivity index (χ1) is 14.3. The zero-order valence-corrected chi connectivity index (χ0v) is 18.5. The van der Waals surface area contributed by atoms with Crippen molar-refractivity contribution in [3.8, 4) is 5.75 Å². The lowest BCUT2D eigenvalue weighted by Crippen LogP contribution is -2.49. The molecule has 0 unspecified atom stereocenters. The maximum Gasteiger partial charge on any atom is 0.247 e. The van der Waals surface area contributed by atoms with Crippen molar-refractivity contribution >= 4 is 27.3 Å². The van der Waals surface area contributed by atoms with Gasteiger partial charge in [0, 0.05) is 24.8 Å². The largest absolute Gasteiger partial charge is 0.483 e. The molecule has 0 radical (unpaired) electrons. The van der Waals surface area contributed by atoms with Crippen LogP contribution in [-0.4, -0.2) is 53.7 Å². The summed E-state index contributed by atoms with van der Waals surface area (Å²) >= 11 is 1.51. The first-order valence-corrected chi connectivity index (χ1v) is 12.6. The van der Waals surface area contributed by atoms with Gasteiger partial charge < -0.3 is 9.64 Å². The van der Waals surface area contributed by atoms with Gasteiger partial charge in [-0.15, -0.1) is 11.3 Å². The average Bonchev–Trinajstić information content (AvgIpc) is 3.29. The molecule has 1 aliphatic carbocycles. The molecule has 1 aromatic heterocycles. The van der Waals surface area contributed by atoms with E-state index in [0.29, 0.717) is 37.6 Å². The van der Waals surface area contributed by atoms with Gasteiger partial charge >= 0.3 is 0 Å². The monoisotopic (exact) mass is 447 g/mol. The number of nitrogens with zero attached hydrogens (tertiary/aromatic N) is 3. The van der Waals surface area contributed by atoms with E-state index in [1.54, 1.807) is 24.3 Å². The van der Waals surface area contributed by atoms with Crippen LogP contribution in [0.4, 0.5) is 0 Å². The molecule has 0 N–H and O–H groups in total. The minimum Gasteiger partial charge on any atom is -0.483 e. The number of thiazole rings is 1. The number of likely N-dealkylation sites (tertiary alicyclic amines) is 1. The number of benzene rings is 1. The number of aryl methyl sites for hydroxylation is 1. The van der Waals surface area contributed by atoms with Crippen molar-refractivity contribution in [1.29, 1.82) is 0 Å². The molecule has 2 aromatic rings. The Morgan fingerprint density at radius 2 is 2.10 bits per heavy atom. The zero-order chi connectivity index (χ0) is 20.9. The summed E-state index contributed by atoms with van der Waals surface area (Å²) in [5.74, 6) is 1.04. The van der Waals surface area contributed by atoms with Gasteiger partial charge in [-0.1, -0.05) is 12.1 Å². The predicted octanol–water partition coefficient (Wildman–Crippen LogP) is 2.81. The van der Waals surface area contributed by atoms with E-state index >= 15 is 0 Å². The molecule has 160 valence electrons. The fraction of sp³-hybridized carbons (Fsp3) is 0.524. The van der Waals surface area contributed by atoms with Gasteiger partial charge in [0.25, 0.3) is 0 Å². The fourth-order valence-electron chi connectivity index (χ4n) is 4.33. The summed E-state index contributed by atoms with van der Waals surface area (Å²) in [5.41, 5.74) is -0.0144. The Labute approximate surface area is 180 Å². The molecule has 1 saturated carbocycles. The summed E-state index contributed by atoms with van der Waals surface area (Å²) in [6.45, 7) is 3.31. The molecule has 1 atom stereocenters. The maximum absolute atomic E-state index is 13.5. The summed E-state index contributed by atoms with van der Waals surface area (Å²) in [4.78, 5) is 19.2. The summed E-state index contributed by atoms with van der Waals surface area (Å²) in [6.07, 6.45) is 3.47. The van der Waals surface area contributed by atoms with Crippen LogP contribution in [0.25, 0.3) is 0 Å². The third-order valence-electron chi connectivity index (χ3n) is 6.09. The molecule has 3 heterocycles. The Morgan fingerprint density at radius 1 is 1.30 bits per heavy atom. The van der Waals surface area contributed by atoms with Crippen molar-refractivity contribution in [2.24, 2.45) is 5.92 Å². The van der Waals surface area contributed by atoms with E-state index in [-0.39, 0.29) is 23.9 Å². The number of hydrogen-bond acceptors (Lipinski definition) is 6. The number of fused-ring (bicyclic) bond motifs is 1. The van der Waals surface area contributed by atoms with E-state index in [4.69, 9.17) is 4.74 Å². The minimum absolute atomic E-state index is 0.153. The lowest BCUT2D eigenvalue weighted by molar-refractivity contribution is -0.131. The lowest BCUT2D eigenvalue weighted by Gasteiger charge is -2.31. The van der Waals surface area contributed by atoms with E-state index in [1.807, 2.05) is 17.2 Å².